The molecule has 0 aliphatic rings. The number of aromatic nitrogens is 2. The highest BCUT2D eigenvalue weighted by molar-refractivity contribution is 5.96. The van der Waals surface area contributed by atoms with E-state index in [1.54, 1.807) is 32.6 Å². The fourth-order valence-electron chi connectivity index (χ4n) is 1.87. The van der Waals surface area contributed by atoms with E-state index in [0.29, 0.717) is 24.4 Å². The molecule has 106 valence electrons. The molecule has 0 saturated carbocycles. The number of nitrogens with zero attached hydrogens (tertiary/aromatic N) is 3. The number of hydrogen-bond donors (Lipinski definition) is 0. The highest BCUT2D eigenvalue weighted by Crippen LogP contribution is 2.14. The maximum absolute atomic E-state index is 12.3. The van der Waals surface area contributed by atoms with Gasteiger partial charge in [-0.25, -0.2) is 0 Å². The highest BCUT2D eigenvalue weighted by Gasteiger charge is 2.21. The van der Waals surface area contributed by atoms with Crippen molar-refractivity contribution in [2.45, 2.75) is 27.2 Å². The Bertz CT molecular complexity index is 480. The number of ether oxygens (including phenoxy) is 1. The molecule has 0 unspecified atom stereocenters. The third kappa shape index (κ3) is 3.56. The summed E-state index contributed by atoms with van der Waals surface area (Å²) in [4.78, 5) is 25.1. The van der Waals surface area contributed by atoms with Gasteiger partial charge in [0, 0.05) is 26.3 Å². The van der Waals surface area contributed by atoms with Crippen molar-refractivity contribution in [2.24, 2.45) is 7.05 Å². The van der Waals surface area contributed by atoms with Crippen LogP contribution >= 0.6 is 0 Å². The Morgan fingerprint density at radius 3 is 2.47 bits per heavy atom. The van der Waals surface area contributed by atoms with Crippen LogP contribution in [0.4, 0.5) is 0 Å². The molecule has 0 spiro atoms. The topological polar surface area (TPSA) is 64.4 Å². The summed E-state index contributed by atoms with van der Waals surface area (Å²) in [5.41, 5.74) is 2.13. The fraction of sp³-hybridized carbons (Fsp3) is 0.615. The Kier molecular flexibility index (Phi) is 5.09. The van der Waals surface area contributed by atoms with Crippen molar-refractivity contribution in [1.82, 2.24) is 14.7 Å². The number of carbonyl (C=O) groups excluding carboxylic acids is 2. The van der Waals surface area contributed by atoms with Crippen LogP contribution < -0.4 is 0 Å². The maximum atomic E-state index is 12.3. The van der Waals surface area contributed by atoms with Gasteiger partial charge in [-0.15, -0.1) is 0 Å². The molecule has 0 saturated heterocycles. The molecule has 1 aromatic rings. The van der Waals surface area contributed by atoms with Gasteiger partial charge in [0.2, 0.25) is 0 Å². The Morgan fingerprint density at radius 1 is 1.37 bits per heavy atom. The molecule has 1 amide bonds. The average Bonchev–Trinajstić information content (AvgIpc) is 2.60. The summed E-state index contributed by atoms with van der Waals surface area (Å²) in [5, 5.41) is 4.22. The van der Waals surface area contributed by atoms with Crippen LogP contribution in [0.1, 0.15) is 35.1 Å². The third-order valence-electron chi connectivity index (χ3n) is 3.03. The highest BCUT2D eigenvalue weighted by atomic mass is 16.5. The van der Waals surface area contributed by atoms with Crippen molar-refractivity contribution in [1.29, 1.82) is 0 Å². The summed E-state index contributed by atoms with van der Waals surface area (Å²) < 4.78 is 6.52. The minimum Gasteiger partial charge on any atom is -0.466 e. The van der Waals surface area contributed by atoms with Gasteiger partial charge in [0.15, 0.2) is 0 Å². The lowest BCUT2D eigenvalue weighted by Gasteiger charge is -2.16. The van der Waals surface area contributed by atoms with Gasteiger partial charge in [0.25, 0.3) is 5.91 Å². The SMILES string of the molecule is CCOC(=O)CCN(C)C(=O)c1c(C)nn(C)c1C. The molecule has 0 bridgehead atoms. The van der Waals surface area contributed by atoms with E-state index in [-0.39, 0.29) is 18.3 Å². The van der Waals surface area contributed by atoms with Gasteiger partial charge >= 0.3 is 5.97 Å². The molecule has 0 aromatic carbocycles. The first kappa shape index (κ1) is 15.2. The number of aryl methyl sites for hydroxylation is 2. The summed E-state index contributed by atoms with van der Waals surface area (Å²) in [6.45, 7) is 6.11. The van der Waals surface area contributed by atoms with Gasteiger partial charge in [0.1, 0.15) is 0 Å². The Hall–Kier alpha value is -1.85. The van der Waals surface area contributed by atoms with Crippen LogP contribution in [0.3, 0.4) is 0 Å². The Morgan fingerprint density at radius 2 is 2.00 bits per heavy atom. The molecule has 6 nitrogen and oxygen atoms in total. The molecule has 1 aromatic heterocycles. The summed E-state index contributed by atoms with van der Waals surface area (Å²) in [7, 11) is 3.48. The molecule has 1 heterocycles. The monoisotopic (exact) mass is 267 g/mol. The van der Waals surface area contributed by atoms with Gasteiger partial charge in [-0.05, 0) is 20.8 Å². The minimum atomic E-state index is -0.290. The Labute approximate surface area is 113 Å². The second-order valence-electron chi connectivity index (χ2n) is 4.45. The second kappa shape index (κ2) is 6.36. The molecule has 6 heteroatoms. The number of rotatable bonds is 5. The predicted octanol–water partition coefficient (Wildman–Crippen LogP) is 1.06. The minimum absolute atomic E-state index is 0.118. The zero-order valence-corrected chi connectivity index (χ0v) is 12.2. The fourth-order valence-corrected chi connectivity index (χ4v) is 1.87. The van der Waals surface area contributed by atoms with Crippen LogP contribution in [-0.4, -0.2) is 46.8 Å². The van der Waals surface area contributed by atoms with Gasteiger partial charge in [-0.1, -0.05) is 0 Å². The summed E-state index contributed by atoms with van der Waals surface area (Å²) in [6, 6.07) is 0. The zero-order valence-electron chi connectivity index (χ0n) is 12.2. The molecule has 19 heavy (non-hydrogen) atoms. The van der Waals surface area contributed by atoms with Crippen molar-refractivity contribution in [3.8, 4) is 0 Å². The molecular formula is C13H21N3O3. The first-order valence-electron chi connectivity index (χ1n) is 6.29. The van der Waals surface area contributed by atoms with Crippen molar-refractivity contribution in [3.63, 3.8) is 0 Å². The second-order valence-corrected chi connectivity index (χ2v) is 4.45. The van der Waals surface area contributed by atoms with Crippen LogP contribution in [0.15, 0.2) is 0 Å². The summed E-state index contributed by atoms with van der Waals surface area (Å²) in [5.74, 6) is -0.408. The van der Waals surface area contributed by atoms with Crippen molar-refractivity contribution >= 4 is 11.9 Å². The van der Waals surface area contributed by atoms with E-state index >= 15 is 0 Å². The normalized spacial score (nSPS) is 10.4. The molecule has 0 fully saturated rings. The largest absolute Gasteiger partial charge is 0.466 e. The third-order valence-corrected chi connectivity index (χ3v) is 3.03. The number of hydrogen-bond acceptors (Lipinski definition) is 4. The number of carbonyl (C=O) groups is 2. The molecule has 0 aliphatic carbocycles. The summed E-state index contributed by atoms with van der Waals surface area (Å²) in [6.07, 6.45) is 0.203. The standard InChI is InChI=1S/C13H21N3O3/c1-6-19-11(17)7-8-15(4)13(18)12-9(2)14-16(5)10(12)3/h6-8H2,1-5H3. The first-order valence-corrected chi connectivity index (χ1v) is 6.29. The van der Waals surface area contributed by atoms with Crippen LogP contribution in [0.5, 0.6) is 0 Å². The van der Waals surface area contributed by atoms with Gasteiger partial charge < -0.3 is 9.64 Å². The van der Waals surface area contributed by atoms with E-state index in [4.69, 9.17) is 4.74 Å². The number of esters is 1. The molecule has 0 atom stereocenters. The first-order chi connectivity index (χ1) is 8.88. The lowest BCUT2D eigenvalue weighted by Crippen LogP contribution is -2.30. The van der Waals surface area contributed by atoms with Gasteiger partial charge in [-0.3, -0.25) is 14.3 Å². The van der Waals surface area contributed by atoms with Crippen LogP contribution in [0.2, 0.25) is 0 Å². The van der Waals surface area contributed by atoms with Crippen LogP contribution in [-0.2, 0) is 16.6 Å². The molecule has 1 rings (SSSR count). The van der Waals surface area contributed by atoms with Crippen LogP contribution in [0, 0.1) is 13.8 Å². The zero-order chi connectivity index (χ0) is 14.6. The lowest BCUT2D eigenvalue weighted by molar-refractivity contribution is -0.143. The van der Waals surface area contributed by atoms with Gasteiger partial charge in [0.05, 0.1) is 24.3 Å². The predicted molar refractivity (Wildman–Crippen MR) is 70.9 cm³/mol. The van der Waals surface area contributed by atoms with Crippen molar-refractivity contribution in [3.05, 3.63) is 17.0 Å². The maximum Gasteiger partial charge on any atom is 0.307 e. The van der Waals surface area contributed by atoms with Gasteiger partial charge in [-0.2, -0.15) is 5.10 Å². The van der Waals surface area contributed by atoms with E-state index < -0.39 is 0 Å². The van der Waals surface area contributed by atoms with E-state index in [0.717, 1.165) is 5.69 Å². The van der Waals surface area contributed by atoms with Crippen molar-refractivity contribution < 1.29 is 14.3 Å². The van der Waals surface area contributed by atoms with E-state index in [2.05, 4.69) is 5.10 Å². The Balaban J connectivity index is 2.69. The smallest absolute Gasteiger partial charge is 0.307 e. The van der Waals surface area contributed by atoms with E-state index in [1.165, 1.54) is 4.90 Å². The number of amides is 1. The molecular weight excluding hydrogens is 246 g/mol. The molecule has 0 aliphatic heterocycles. The average molecular weight is 267 g/mol. The van der Waals surface area contributed by atoms with Crippen LogP contribution in [0.25, 0.3) is 0 Å². The summed E-state index contributed by atoms with van der Waals surface area (Å²) >= 11 is 0. The quantitative estimate of drug-likeness (QED) is 0.748. The molecule has 0 N–H and O–H groups in total. The van der Waals surface area contributed by atoms with Crippen molar-refractivity contribution in [2.75, 3.05) is 20.2 Å². The van der Waals surface area contributed by atoms with E-state index in [1.807, 2.05) is 6.92 Å². The van der Waals surface area contributed by atoms with E-state index in [9.17, 15) is 9.59 Å². The lowest BCUT2D eigenvalue weighted by atomic mass is 10.1. The molecule has 0 radical (unpaired) electrons.